The van der Waals surface area contributed by atoms with Crippen LogP contribution in [0, 0.1) is 6.92 Å². The third kappa shape index (κ3) is 2.77. The van der Waals surface area contributed by atoms with Gasteiger partial charge in [0, 0.05) is 25.2 Å². The number of imidazole rings is 1. The topological polar surface area (TPSA) is 104 Å². The van der Waals surface area contributed by atoms with Crippen LogP contribution in [0.1, 0.15) is 5.69 Å². The van der Waals surface area contributed by atoms with Crippen molar-refractivity contribution >= 4 is 33.7 Å². The van der Waals surface area contributed by atoms with Gasteiger partial charge in [-0.05, 0) is 19.1 Å². The van der Waals surface area contributed by atoms with Gasteiger partial charge >= 0.3 is 5.69 Å². The first-order valence-electron chi connectivity index (χ1n) is 8.64. The van der Waals surface area contributed by atoms with E-state index >= 15 is 0 Å². The van der Waals surface area contributed by atoms with Crippen molar-refractivity contribution in [3.8, 4) is 0 Å². The second-order valence-electron chi connectivity index (χ2n) is 6.64. The van der Waals surface area contributed by atoms with Crippen LogP contribution in [0.4, 0.5) is 5.69 Å². The number of rotatable bonds is 3. The predicted octanol–water partition coefficient (Wildman–Crippen LogP) is 0.929. The smallest absolute Gasteiger partial charge is 0.328 e. The molecule has 0 fully saturated rings. The van der Waals surface area contributed by atoms with Gasteiger partial charge < -0.3 is 9.88 Å². The van der Waals surface area contributed by atoms with Gasteiger partial charge in [0.05, 0.1) is 17.5 Å². The standard InChI is InChI=1S/C19H18N6O3/c1-11-8-14(12-6-4-5-7-13(12)21-11)22-15(26)9-25-18(27)16-17(20-10-23(16)2)24(3)19(25)28/h4-8,10H,9H2,1-3H3,(H,21,22,26). The Morgan fingerprint density at radius 2 is 1.93 bits per heavy atom. The van der Waals surface area contributed by atoms with Crippen LogP contribution in [0.25, 0.3) is 22.1 Å². The zero-order valence-corrected chi connectivity index (χ0v) is 15.6. The van der Waals surface area contributed by atoms with Gasteiger partial charge in [0.25, 0.3) is 5.56 Å². The molecule has 0 atom stereocenters. The molecule has 3 heterocycles. The van der Waals surface area contributed by atoms with Crippen LogP contribution in [0.2, 0.25) is 0 Å². The fourth-order valence-electron chi connectivity index (χ4n) is 3.28. The van der Waals surface area contributed by atoms with E-state index in [2.05, 4.69) is 15.3 Å². The van der Waals surface area contributed by atoms with Crippen molar-refractivity contribution in [1.29, 1.82) is 0 Å². The number of fused-ring (bicyclic) bond motifs is 2. The summed E-state index contributed by atoms with van der Waals surface area (Å²) in [5.41, 5.74) is 1.48. The first-order chi connectivity index (χ1) is 13.4. The van der Waals surface area contributed by atoms with Crippen LogP contribution < -0.4 is 16.6 Å². The van der Waals surface area contributed by atoms with Gasteiger partial charge in [-0.1, -0.05) is 18.2 Å². The van der Waals surface area contributed by atoms with Crippen LogP contribution in [-0.4, -0.2) is 29.6 Å². The molecule has 1 amide bonds. The van der Waals surface area contributed by atoms with Crippen molar-refractivity contribution in [3.63, 3.8) is 0 Å². The number of para-hydroxylation sites is 1. The van der Waals surface area contributed by atoms with Crippen LogP contribution >= 0.6 is 0 Å². The van der Waals surface area contributed by atoms with Gasteiger partial charge in [0.15, 0.2) is 11.2 Å². The summed E-state index contributed by atoms with van der Waals surface area (Å²) >= 11 is 0. The van der Waals surface area contributed by atoms with Crippen molar-refractivity contribution in [2.75, 3.05) is 5.32 Å². The van der Waals surface area contributed by atoms with Crippen molar-refractivity contribution < 1.29 is 4.79 Å². The number of aryl methyl sites for hydroxylation is 3. The Hall–Kier alpha value is -3.75. The fraction of sp³-hybridized carbons (Fsp3) is 0.211. The maximum atomic E-state index is 12.7. The molecule has 0 saturated carbocycles. The number of hydrogen-bond acceptors (Lipinski definition) is 5. The first kappa shape index (κ1) is 17.7. The Morgan fingerprint density at radius 1 is 1.18 bits per heavy atom. The Labute approximate surface area is 158 Å². The largest absolute Gasteiger partial charge is 0.332 e. The van der Waals surface area contributed by atoms with E-state index in [9.17, 15) is 14.4 Å². The van der Waals surface area contributed by atoms with Gasteiger partial charge in [-0.15, -0.1) is 0 Å². The predicted molar refractivity (Wildman–Crippen MR) is 105 cm³/mol. The summed E-state index contributed by atoms with van der Waals surface area (Å²) in [5.74, 6) is -0.475. The highest BCUT2D eigenvalue weighted by molar-refractivity contribution is 6.01. The van der Waals surface area contributed by atoms with Crippen LogP contribution in [0.5, 0.6) is 0 Å². The fourth-order valence-corrected chi connectivity index (χ4v) is 3.28. The molecule has 4 rings (SSSR count). The van der Waals surface area contributed by atoms with Crippen molar-refractivity contribution in [1.82, 2.24) is 23.7 Å². The van der Waals surface area contributed by atoms with Crippen molar-refractivity contribution in [3.05, 3.63) is 63.2 Å². The molecule has 0 radical (unpaired) electrons. The quantitative estimate of drug-likeness (QED) is 0.571. The molecule has 3 aromatic heterocycles. The average Bonchev–Trinajstić information content (AvgIpc) is 3.05. The molecule has 9 nitrogen and oxygen atoms in total. The molecular formula is C19H18N6O3. The molecule has 0 saturated heterocycles. The Bertz CT molecular complexity index is 1360. The zero-order valence-electron chi connectivity index (χ0n) is 15.6. The molecule has 0 bridgehead atoms. The van der Waals surface area contributed by atoms with Crippen LogP contribution in [0.15, 0.2) is 46.2 Å². The second kappa shape index (κ2) is 6.45. The Kier molecular flexibility index (Phi) is 4.07. The molecule has 142 valence electrons. The minimum Gasteiger partial charge on any atom is -0.328 e. The number of anilines is 1. The number of nitrogens with one attached hydrogen (secondary N) is 1. The normalized spacial score (nSPS) is 11.2. The first-order valence-corrected chi connectivity index (χ1v) is 8.64. The van der Waals surface area contributed by atoms with E-state index < -0.39 is 23.7 Å². The van der Waals surface area contributed by atoms with E-state index in [0.717, 1.165) is 21.2 Å². The molecule has 9 heteroatoms. The maximum Gasteiger partial charge on any atom is 0.332 e. The Morgan fingerprint density at radius 3 is 2.71 bits per heavy atom. The maximum absolute atomic E-state index is 12.7. The highest BCUT2D eigenvalue weighted by Crippen LogP contribution is 2.22. The van der Waals surface area contributed by atoms with E-state index in [1.165, 1.54) is 22.5 Å². The van der Waals surface area contributed by atoms with E-state index in [0.29, 0.717) is 5.69 Å². The molecule has 1 aromatic carbocycles. The highest BCUT2D eigenvalue weighted by Gasteiger charge is 2.17. The number of pyridine rings is 1. The molecule has 28 heavy (non-hydrogen) atoms. The van der Waals surface area contributed by atoms with E-state index in [1.54, 1.807) is 13.1 Å². The molecule has 0 spiro atoms. The number of amides is 1. The number of nitrogens with zero attached hydrogens (tertiary/aromatic N) is 5. The molecule has 0 aliphatic heterocycles. The monoisotopic (exact) mass is 378 g/mol. The molecule has 4 aromatic rings. The van der Waals surface area contributed by atoms with E-state index in [-0.39, 0.29) is 11.2 Å². The van der Waals surface area contributed by atoms with Gasteiger partial charge in [-0.3, -0.25) is 19.1 Å². The summed E-state index contributed by atoms with van der Waals surface area (Å²) in [6.07, 6.45) is 1.46. The third-order valence-corrected chi connectivity index (χ3v) is 4.62. The van der Waals surface area contributed by atoms with Gasteiger partial charge in [-0.25, -0.2) is 14.3 Å². The number of hydrogen-bond donors (Lipinski definition) is 1. The van der Waals surface area contributed by atoms with Crippen molar-refractivity contribution in [2.24, 2.45) is 14.1 Å². The molecule has 1 N–H and O–H groups in total. The lowest BCUT2D eigenvalue weighted by Gasteiger charge is -2.11. The summed E-state index contributed by atoms with van der Waals surface area (Å²) in [5, 5.41) is 3.58. The number of carbonyl (C=O) groups excluding carboxylic acids is 1. The summed E-state index contributed by atoms with van der Waals surface area (Å²) in [6, 6.07) is 9.18. The summed E-state index contributed by atoms with van der Waals surface area (Å²) in [7, 11) is 3.18. The lowest BCUT2D eigenvalue weighted by atomic mass is 10.1. The minimum atomic E-state index is -0.595. The van der Waals surface area contributed by atoms with Gasteiger partial charge in [0.2, 0.25) is 5.91 Å². The lowest BCUT2D eigenvalue weighted by Crippen LogP contribution is -2.42. The number of benzene rings is 1. The summed E-state index contributed by atoms with van der Waals surface area (Å²) < 4.78 is 3.71. The third-order valence-electron chi connectivity index (χ3n) is 4.62. The van der Waals surface area contributed by atoms with Crippen molar-refractivity contribution in [2.45, 2.75) is 13.5 Å². The highest BCUT2D eigenvalue weighted by atomic mass is 16.2. The molecule has 0 unspecified atom stereocenters. The number of carbonyl (C=O) groups is 1. The molecule has 0 aliphatic rings. The second-order valence-corrected chi connectivity index (χ2v) is 6.64. The Balaban J connectivity index is 1.74. The number of aromatic nitrogens is 5. The van der Waals surface area contributed by atoms with Gasteiger partial charge in [-0.2, -0.15) is 0 Å². The van der Waals surface area contributed by atoms with E-state index in [1.807, 2.05) is 31.2 Å². The minimum absolute atomic E-state index is 0.264. The average molecular weight is 378 g/mol. The zero-order chi connectivity index (χ0) is 20.0. The lowest BCUT2D eigenvalue weighted by molar-refractivity contribution is -0.116. The SMILES string of the molecule is Cc1cc(NC(=O)Cn2c(=O)c3c(ncn3C)n(C)c2=O)c2ccccc2n1. The van der Waals surface area contributed by atoms with Crippen LogP contribution in [0.3, 0.4) is 0 Å². The summed E-state index contributed by atoms with van der Waals surface area (Å²) in [6.45, 7) is 1.43. The van der Waals surface area contributed by atoms with E-state index in [4.69, 9.17) is 0 Å². The van der Waals surface area contributed by atoms with Crippen LogP contribution in [-0.2, 0) is 25.4 Å². The molecule has 0 aliphatic carbocycles. The summed E-state index contributed by atoms with van der Waals surface area (Å²) in [4.78, 5) is 46.5. The molecular weight excluding hydrogens is 360 g/mol. The van der Waals surface area contributed by atoms with Gasteiger partial charge in [0.1, 0.15) is 6.54 Å².